The van der Waals surface area contributed by atoms with Gasteiger partial charge in [0, 0.05) is 62.6 Å². The SMILES string of the molecule is C.C.C.CCC(=O)Cc1cccc(C(=O)c2ncc(Cl)cc2NCc2ccc(C)c(C(F)(F)F)c2)c1Cl.COCN(Cc1ccc(C)c(C(F)(F)F)c1)c1cc(Cl)cnc1Br.O=Cc1cccc([N+](=O)[O-])c1Cl. The maximum atomic E-state index is 13.3. The number of nitrogens with one attached hydrogen (secondary N) is 1. The molecule has 11 nitrogen and oxygen atoms in total. The van der Waals surface area contributed by atoms with E-state index in [1.54, 1.807) is 42.2 Å². The molecule has 0 aliphatic heterocycles. The third kappa shape index (κ3) is 18.4. The number of Topliss-reactive ketones (excluding diaryl/α,β-unsaturated/α-hetero) is 1. The second-order valence-corrected chi connectivity index (χ2v) is 17.4. The fraction of sp³-hybridized carbons (Fsp3) is 0.275. The molecule has 0 amide bonds. The summed E-state index contributed by atoms with van der Waals surface area (Å²) in [4.78, 5) is 55.1. The highest BCUT2D eigenvalue weighted by molar-refractivity contribution is 9.10. The van der Waals surface area contributed by atoms with Gasteiger partial charge in [-0.3, -0.25) is 24.5 Å². The average molecular weight is 1170 g/mol. The summed E-state index contributed by atoms with van der Waals surface area (Å²) in [7, 11) is 1.51. The van der Waals surface area contributed by atoms with Crippen molar-refractivity contribution in [3.8, 4) is 0 Å². The Morgan fingerprint density at radius 3 is 1.93 bits per heavy atom. The van der Waals surface area contributed by atoms with Crippen LogP contribution in [-0.4, -0.2) is 46.6 Å². The first-order chi connectivity index (χ1) is 32.9. The van der Waals surface area contributed by atoms with Crippen LogP contribution >= 0.6 is 62.3 Å². The Balaban J connectivity index is 0.000000595. The van der Waals surface area contributed by atoms with Crippen molar-refractivity contribution in [3.63, 3.8) is 0 Å². The second-order valence-electron chi connectivity index (χ2n) is 15.0. The number of carbonyl (C=O) groups excluding carboxylic acids is 3. The lowest BCUT2D eigenvalue weighted by Gasteiger charge is -2.25. The number of carbonyl (C=O) groups is 3. The number of nitro groups is 1. The monoisotopic (exact) mass is 1160 g/mol. The van der Waals surface area contributed by atoms with Crippen molar-refractivity contribution in [2.45, 2.75) is 81.3 Å². The number of hydrogen-bond donors (Lipinski definition) is 1. The van der Waals surface area contributed by atoms with E-state index in [-0.39, 0.29) is 109 Å². The molecule has 73 heavy (non-hydrogen) atoms. The first-order valence-corrected chi connectivity index (χ1v) is 22.7. The van der Waals surface area contributed by atoms with E-state index >= 15 is 0 Å². The summed E-state index contributed by atoms with van der Waals surface area (Å²) in [6.07, 6.45) is -5.15. The van der Waals surface area contributed by atoms with Gasteiger partial charge in [-0.15, -0.1) is 0 Å². The van der Waals surface area contributed by atoms with Crippen LogP contribution in [0.4, 0.5) is 43.4 Å². The summed E-state index contributed by atoms with van der Waals surface area (Å²) in [5.74, 6) is -0.523. The Bertz CT molecular complexity index is 2880. The molecule has 4 aromatic carbocycles. The number of nitro benzene ring substituents is 1. The summed E-state index contributed by atoms with van der Waals surface area (Å²) in [6, 6.07) is 20.4. The van der Waals surface area contributed by atoms with E-state index in [4.69, 9.17) is 51.1 Å². The molecular formula is C51H52BrCl4F6N5O6. The summed E-state index contributed by atoms with van der Waals surface area (Å²) >= 11 is 27.3. The predicted molar refractivity (Wildman–Crippen MR) is 282 cm³/mol. The Hall–Kier alpha value is -5.63. The normalized spacial score (nSPS) is 10.7. The number of aromatic nitrogens is 2. The molecule has 0 bridgehead atoms. The summed E-state index contributed by atoms with van der Waals surface area (Å²) in [5.41, 5.74) is 1.29. The standard InChI is InChI=1S/C25H21Cl2F3N2O2.C16H15BrClF3N2O.C7H4ClNO3.3CH4/c1-3-18(33)10-16-5-4-6-19(22(16)27)24(34)23-21(11-17(26)13-32-23)31-12-15-8-7-14(2)20(9-15)25(28,29)30;1-10-3-4-11(5-13(10)16(19,20)21)8-23(9-24-2)14-6-12(18)7-22-15(14)17;8-7-5(4-10)2-1-3-6(7)9(11)12;;;/h4-9,11,13,31H,3,10,12H2,1-2H3;3-7H,8-9H2,1-2H3;1-4H;3*1H4. The van der Waals surface area contributed by atoms with Gasteiger partial charge in [0.2, 0.25) is 5.78 Å². The highest BCUT2D eigenvalue weighted by atomic mass is 79.9. The minimum Gasteiger partial charge on any atom is -0.379 e. The zero-order chi connectivity index (χ0) is 52.1. The first-order valence-electron chi connectivity index (χ1n) is 20.4. The number of aryl methyl sites for hydroxylation is 2. The molecule has 0 unspecified atom stereocenters. The maximum Gasteiger partial charge on any atom is 0.416 e. The Kier molecular flexibility index (Phi) is 26.3. The van der Waals surface area contributed by atoms with E-state index in [0.717, 1.165) is 12.1 Å². The van der Waals surface area contributed by atoms with Crippen LogP contribution in [0.5, 0.6) is 0 Å². The topological polar surface area (TPSA) is 145 Å². The number of benzene rings is 4. The Morgan fingerprint density at radius 1 is 0.808 bits per heavy atom. The van der Waals surface area contributed by atoms with Gasteiger partial charge in [0.25, 0.3) is 5.69 Å². The van der Waals surface area contributed by atoms with E-state index in [1.165, 1.54) is 75.8 Å². The van der Waals surface area contributed by atoms with Crippen molar-refractivity contribution < 1.29 is 50.4 Å². The lowest BCUT2D eigenvalue weighted by molar-refractivity contribution is -0.384. The molecule has 2 aromatic heterocycles. The molecule has 1 N–H and O–H groups in total. The third-order valence-corrected chi connectivity index (χ3v) is 11.9. The van der Waals surface area contributed by atoms with Crippen LogP contribution in [0.3, 0.4) is 0 Å². The van der Waals surface area contributed by atoms with Crippen LogP contribution in [0.25, 0.3) is 0 Å². The van der Waals surface area contributed by atoms with Crippen molar-refractivity contribution in [3.05, 3.63) is 188 Å². The number of nitrogens with zero attached hydrogens (tertiary/aromatic N) is 4. The van der Waals surface area contributed by atoms with E-state index in [1.807, 2.05) is 0 Å². The van der Waals surface area contributed by atoms with Gasteiger partial charge in [-0.1, -0.05) is 118 Å². The van der Waals surface area contributed by atoms with Crippen LogP contribution in [0.1, 0.15) is 101 Å². The highest BCUT2D eigenvalue weighted by Crippen LogP contribution is 2.36. The van der Waals surface area contributed by atoms with Gasteiger partial charge < -0.3 is 15.0 Å². The number of rotatable bonds is 15. The number of alkyl halides is 6. The predicted octanol–water partition coefficient (Wildman–Crippen LogP) is 16.5. The molecule has 22 heteroatoms. The fourth-order valence-electron chi connectivity index (χ4n) is 6.45. The van der Waals surface area contributed by atoms with Crippen molar-refractivity contribution in [1.82, 2.24) is 9.97 Å². The van der Waals surface area contributed by atoms with E-state index in [0.29, 0.717) is 44.7 Å². The summed E-state index contributed by atoms with van der Waals surface area (Å²) < 4.78 is 84.7. The van der Waals surface area contributed by atoms with Crippen molar-refractivity contribution in [2.24, 2.45) is 0 Å². The van der Waals surface area contributed by atoms with Gasteiger partial charge in [0.05, 0.1) is 42.5 Å². The molecule has 0 atom stereocenters. The molecule has 0 aliphatic rings. The zero-order valence-electron chi connectivity index (χ0n) is 37.2. The number of pyridine rings is 2. The van der Waals surface area contributed by atoms with Crippen molar-refractivity contribution in [2.75, 3.05) is 24.1 Å². The van der Waals surface area contributed by atoms with Crippen LogP contribution in [0.2, 0.25) is 20.1 Å². The van der Waals surface area contributed by atoms with Crippen LogP contribution in [-0.2, 0) is 41.4 Å². The molecule has 394 valence electrons. The average Bonchev–Trinajstić information content (AvgIpc) is 3.30. The molecule has 0 aliphatic carbocycles. The van der Waals surface area contributed by atoms with Crippen LogP contribution < -0.4 is 10.2 Å². The van der Waals surface area contributed by atoms with E-state index in [2.05, 4.69) is 31.2 Å². The number of ketones is 2. The lowest BCUT2D eigenvalue weighted by atomic mass is 10.00. The first kappa shape index (κ1) is 65.4. The summed E-state index contributed by atoms with van der Waals surface area (Å²) in [6.45, 7) is 4.98. The molecular weight excluding hydrogens is 1110 g/mol. The van der Waals surface area contributed by atoms with Crippen LogP contribution in [0.15, 0.2) is 102 Å². The maximum absolute atomic E-state index is 13.3. The smallest absolute Gasteiger partial charge is 0.379 e. The van der Waals surface area contributed by atoms with E-state index in [9.17, 15) is 50.8 Å². The third-order valence-electron chi connectivity index (χ3n) is 9.99. The number of halogens is 11. The van der Waals surface area contributed by atoms with Crippen molar-refractivity contribution >= 4 is 97.2 Å². The molecule has 2 heterocycles. The number of aldehydes is 1. The fourth-order valence-corrected chi connectivity index (χ4v) is 7.74. The van der Waals surface area contributed by atoms with E-state index < -0.39 is 34.2 Å². The lowest BCUT2D eigenvalue weighted by Crippen LogP contribution is -2.26. The minimum absolute atomic E-state index is 0. The molecule has 6 rings (SSSR count). The quantitative estimate of drug-likeness (QED) is 0.0201. The molecule has 0 saturated heterocycles. The second kappa shape index (κ2) is 29.3. The Morgan fingerprint density at radius 2 is 1.37 bits per heavy atom. The van der Waals surface area contributed by atoms with Crippen LogP contribution in [0, 0.1) is 24.0 Å². The Labute approximate surface area is 448 Å². The minimum atomic E-state index is -4.47. The summed E-state index contributed by atoms with van der Waals surface area (Å²) in [5, 5.41) is 14.0. The number of methoxy groups -OCH3 is 1. The molecule has 0 saturated carbocycles. The largest absolute Gasteiger partial charge is 0.416 e. The number of anilines is 2. The molecule has 0 fully saturated rings. The molecule has 0 spiro atoms. The van der Waals surface area contributed by atoms with Gasteiger partial charge in [-0.2, -0.15) is 26.3 Å². The number of ether oxygens (including phenoxy) is 1. The number of hydrogen-bond acceptors (Lipinski definition) is 10. The van der Waals surface area contributed by atoms with Gasteiger partial charge in [-0.25, -0.2) is 9.97 Å². The highest BCUT2D eigenvalue weighted by Gasteiger charge is 2.33. The van der Waals surface area contributed by atoms with Gasteiger partial charge in [-0.05, 0) is 94.0 Å². The molecule has 6 aromatic rings. The van der Waals surface area contributed by atoms with Crippen molar-refractivity contribution in [1.29, 1.82) is 0 Å². The van der Waals surface area contributed by atoms with Gasteiger partial charge in [0.1, 0.15) is 27.8 Å². The molecule has 0 radical (unpaired) electrons. The zero-order valence-corrected chi connectivity index (χ0v) is 41.9. The van der Waals surface area contributed by atoms with Gasteiger partial charge in [0.15, 0.2) is 6.29 Å². The van der Waals surface area contributed by atoms with Gasteiger partial charge >= 0.3 is 12.4 Å².